The van der Waals surface area contributed by atoms with Crippen molar-refractivity contribution in [2.75, 3.05) is 19.9 Å². The van der Waals surface area contributed by atoms with E-state index in [0.717, 1.165) is 12.8 Å². The molecule has 0 aromatic heterocycles. The van der Waals surface area contributed by atoms with Gasteiger partial charge in [-0.1, -0.05) is 12.8 Å². The van der Waals surface area contributed by atoms with Crippen molar-refractivity contribution in [1.82, 2.24) is 4.90 Å². The molecule has 5 nitrogen and oxygen atoms in total. The maximum atomic E-state index is 12.8. The number of benzene rings is 1. The van der Waals surface area contributed by atoms with Crippen LogP contribution in [-0.2, 0) is 4.74 Å². The fourth-order valence-electron chi connectivity index (χ4n) is 3.54. The largest absolute Gasteiger partial charge is 0.454 e. The third-order valence-electron chi connectivity index (χ3n) is 4.61. The van der Waals surface area contributed by atoms with Crippen LogP contribution in [0.3, 0.4) is 0 Å². The van der Waals surface area contributed by atoms with Gasteiger partial charge in [0.05, 0.1) is 18.8 Å². The highest BCUT2D eigenvalue weighted by Crippen LogP contribution is 2.34. The van der Waals surface area contributed by atoms with Crippen LogP contribution in [0.25, 0.3) is 0 Å². The van der Waals surface area contributed by atoms with Crippen molar-refractivity contribution in [3.63, 3.8) is 0 Å². The topological polar surface area (TPSA) is 48.0 Å². The predicted octanol–water partition coefficient (Wildman–Crippen LogP) is 2.20. The molecule has 0 bridgehead atoms. The van der Waals surface area contributed by atoms with E-state index in [9.17, 15) is 4.79 Å². The summed E-state index contributed by atoms with van der Waals surface area (Å²) in [6.45, 7) is 1.54. The summed E-state index contributed by atoms with van der Waals surface area (Å²) in [6.07, 6.45) is 4.70. The molecule has 2 aliphatic heterocycles. The Bertz CT molecular complexity index is 557. The first-order valence-electron chi connectivity index (χ1n) is 7.65. The summed E-state index contributed by atoms with van der Waals surface area (Å²) < 4.78 is 16.5. The van der Waals surface area contributed by atoms with Crippen molar-refractivity contribution >= 4 is 5.91 Å². The van der Waals surface area contributed by atoms with E-state index in [4.69, 9.17) is 14.2 Å². The standard InChI is InChI=1S/C16H19NO4/c18-16(11-5-6-14-15(9-11)21-10-20-14)17-7-8-19-13-4-2-1-3-12(13)17/h5-6,9,12-13H,1-4,7-8,10H2/t12-,13-/m0/s1. The fourth-order valence-corrected chi connectivity index (χ4v) is 3.54. The number of hydrogen-bond donors (Lipinski definition) is 0. The van der Waals surface area contributed by atoms with Gasteiger partial charge < -0.3 is 19.1 Å². The molecule has 112 valence electrons. The van der Waals surface area contributed by atoms with E-state index in [1.54, 1.807) is 6.07 Å². The number of nitrogens with zero attached hydrogens (tertiary/aromatic N) is 1. The normalized spacial score (nSPS) is 27.3. The third kappa shape index (κ3) is 2.25. The van der Waals surface area contributed by atoms with E-state index in [1.807, 2.05) is 17.0 Å². The highest BCUT2D eigenvalue weighted by atomic mass is 16.7. The predicted molar refractivity (Wildman–Crippen MR) is 75.6 cm³/mol. The molecule has 1 aliphatic carbocycles. The summed E-state index contributed by atoms with van der Waals surface area (Å²) in [5.41, 5.74) is 0.672. The van der Waals surface area contributed by atoms with Crippen molar-refractivity contribution in [1.29, 1.82) is 0 Å². The number of morpholine rings is 1. The molecule has 0 spiro atoms. The van der Waals surface area contributed by atoms with E-state index in [1.165, 1.54) is 12.8 Å². The number of carbonyl (C=O) groups is 1. The van der Waals surface area contributed by atoms with Crippen LogP contribution < -0.4 is 9.47 Å². The van der Waals surface area contributed by atoms with Gasteiger partial charge in [0.25, 0.3) is 5.91 Å². The van der Waals surface area contributed by atoms with Crippen LogP contribution in [-0.4, -0.2) is 42.9 Å². The molecule has 1 aromatic carbocycles. The summed E-state index contributed by atoms with van der Waals surface area (Å²) in [7, 11) is 0. The van der Waals surface area contributed by atoms with Crippen LogP contribution in [0, 0.1) is 0 Å². The quantitative estimate of drug-likeness (QED) is 0.795. The Morgan fingerprint density at radius 2 is 2.00 bits per heavy atom. The molecule has 2 fully saturated rings. The minimum Gasteiger partial charge on any atom is -0.454 e. The molecule has 2 heterocycles. The average Bonchev–Trinajstić information content (AvgIpc) is 3.01. The van der Waals surface area contributed by atoms with Gasteiger partial charge in [0.15, 0.2) is 11.5 Å². The van der Waals surface area contributed by atoms with Crippen LogP contribution in [0.15, 0.2) is 18.2 Å². The SMILES string of the molecule is O=C(c1ccc2c(c1)OCO2)N1CCO[C@H]2CCCC[C@@H]21. The highest BCUT2D eigenvalue weighted by molar-refractivity contribution is 5.95. The van der Waals surface area contributed by atoms with Gasteiger partial charge in [-0.3, -0.25) is 4.79 Å². The van der Waals surface area contributed by atoms with E-state index in [2.05, 4.69) is 0 Å². The maximum absolute atomic E-state index is 12.8. The Kier molecular flexibility index (Phi) is 3.22. The molecule has 0 radical (unpaired) electrons. The second-order valence-corrected chi connectivity index (χ2v) is 5.83. The van der Waals surface area contributed by atoms with Crippen LogP contribution in [0.1, 0.15) is 36.0 Å². The number of fused-ring (bicyclic) bond motifs is 2. The van der Waals surface area contributed by atoms with E-state index in [0.29, 0.717) is 30.2 Å². The van der Waals surface area contributed by atoms with Crippen LogP contribution in [0.5, 0.6) is 11.5 Å². The van der Waals surface area contributed by atoms with Crippen LogP contribution in [0.4, 0.5) is 0 Å². The number of carbonyl (C=O) groups excluding carboxylic acids is 1. The van der Waals surface area contributed by atoms with Gasteiger partial charge in [-0.2, -0.15) is 0 Å². The second-order valence-electron chi connectivity index (χ2n) is 5.83. The van der Waals surface area contributed by atoms with Crippen molar-refractivity contribution in [3.8, 4) is 11.5 Å². The average molecular weight is 289 g/mol. The van der Waals surface area contributed by atoms with Crippen LogP contribution in [0.2, 0.25) is 0 Å². The molecule has 1 amide bonds. The van der Waals surface area contributed by atoms with Crippen LogP contribution >= 0.6 is 0 Å². The lowest BCUT2D eigenvalue weighted by atomic mass is 9.89. The number of hydrogen-bond acceptors (Lipinski definition) is 4. The zero-order chi connectivity index (χ0) is 14.2. The van der Waals surface area contributed by atoms with Gasteiger partial charge in [-0.05, 0) is 31.0 Å². The minimum absolute atomic E-state index is 0.0773. The molecule has 0 N–H and O–H groups in total. The third-order valence-corrected chi connectivity index (χ3v) is 4.61. The fraction of sp³-hybridized carbons (Fsp3) is 0.562. The zero-order valence-corrected chi connectivity index (χ0v) is 11.9. The molecule has 2 atom stereocenters. The number of ether oxygens (including phenoxy) is 3. The van der Waals surface area contributed by atoms with Gasteiger partial charge in [0.1, 0.15) is 0 Å². The Hall–Kier alpha value is -1.75. The van der Waals surface area contributed by atoms with Crippen molar-refractivity contribution in [3.05, 3.63) is 23.8 Å². The van der Waals surface area contributed by atoms with Crippen molar-refractivity contribution < 1.29 is 19.0 Å². The summed E-state index contributed by atoms with van der Waals surface area (Å²) in [6, 6.07) is 5.65. The summed E-state index contributed by atoms with van der Waals surface area (Å²) in [5.74, 6) is 1.45. The van der Waals surface area contributed by atoms with Gasteiger partial charge in [0, 0.05) is 12.1 Å². The van der Waals surface area contributed by atoms with Gasteiger partial charge in [-0.15, -0.1) is 0 Å². The molecule has 1 saturated heterocycles. The Balaban J connectivity index is 1.58. The second kappa shape index (κ2) is 5.22. The molecular weight excluding hydrogens is 270 g/mol. The van der Waals surface area contributed by atoms with E-state index >= 15 is 0 Å². The van der Waals surface area contributed by atoms with Crippen molar-refractivity contribution in [2.24, 2.45) is 0 Å². The molecule has 4 rings (SSSR count). The Morgan fingerprint density at radius 3 is 2.95 bits per heavy atom. The smallest absolute Gasteiger partial charge is 0.254 e. The highest BCUT2D eigenvalue weighted by Gasteiger charge is 2.37. The summed E-state index contributed by atoms with van der Waals surface area (Å²) in [4.78, 5) is 14.8. The molecular formula is C16H19NO4. The summed E-state index contributed by atoms with van der Waals surface area (Å²) in [5, 5.41) is 0. The molecule has 1 saturated carbocycles. The lowest BCUT2D eigenvalue weighted by Crippen LogP contribution is -2.54. The van der Waals surface area contributed by atoms with Gasteiger partial charge in [0.2, 0.25) is 6.79 Å². The minimum atomic E-state index is 0.0773. The Morgan fingerprint density at radius 1 is 1.14 bits per heavy atom. The lowest BCUT2D eigenvalue weighted by Gasteiger charge is -2.43. The summed E-state index contributed by atoms with van der Waals surface area (Å²) >= 11 is 0. The number of amides is 1. The molecule has 21 heavy (non-hydrogen) atoms. The molecule has 5 heteroatoms. The zero-order valence-electron chi connectivity index (χ0n) is 11.9. The van der Waals surface area contributed by atoms with Gasteiger partial charge >= 0.3 is 0 Å². The maximum Gasteiger partial charge on any atom is 0.254 e. The lowest BCUT2D eigenvalue weighted by molar-refractivity contribution is -0.0752. The first-order valence-corrected chi connectivity index (χ1v) is 7.65. The monoisotopic (exact) mass is 289 g/mol. The van der Waals surface area contributed by atoms with E-state index in [-0.39, 0.29) is 24.8 Å². The number of rotatable bonds is 1. The van der Waals surface area contributed by atoms with Crippen molar-refractivity contribution in [2.45, 2.75) is 37.8 Å². The first-order chi connectivity index (χ1) is 10.3. The first kappa shape index (κ1) is 13.0. The van der Waals surface area contributed by atoms with E-state index < -0.39 is 0 Å². The van der Waals surface area contributed by atoms with Gasteiger partial charge in [-0.25, -0.2) is 0 Å². The molecule has 0 unspecified atom stereocenters. The molecule has 3 aliphatic rings. The molecule has 1 aromatic rings. The Labute approximate surface area is 123 Å².